The predicted octanol–water partition coefficient (Wildman–Crippen LogP) is -2.01. The number of hydrogen-bond acceptors (Lipinski definition) is 9. The molecular weight excluding hydrogens is 507 g/mol. The molecule has 38 heavy (non-hydrogen) atoms. The summed E-state index contributed by atoms with van der Waals surface area (Å²) in [4.78, 5) is 56.2. The fourth-order valence-electron chi connectivity index (χ4n) is 4.38. The van der Waals surface area contributed by atoms with E-state index in [4.69, 9.17) is 14.7 Å². The van der Waals surface area contributed by atoms with Crippen molar-refractivity contribution in [2.75, 3.05) is 13.2 Å². The molecule has 2 aromatic rings. The lowest BCUT2D eigenvalue weighted by atomic mass is 10.1. The highest BCUT2D eigenvalue weighted by Crippen LogP contribution is 2.30. The number of aliphatic hydroxyl groups is 1. The number of nitrogens with one attached hydrogen (secondary N) is 4. The first-order valence-electron chi connectivity index (χ1n) is 11.8. The van der Waals surface area contributed by atoms with Gasteiger partial charge in [-0.25, -0.2) is 19.0 Å². The van der Waals surface area contributed by atoms with Gasteiger partial charge in [0, 0.05) is 36.4 Å². The van der Waals surface area contributed by atoms with Crippen LogP contribution in [0.3, 0.4) is 0 Å². The number of hydrogen-bond donors (Lipinski definition) is 5. The van der Waals surface area contributed by atoms with Gasteiger partial charge in [-0.3, -0.25) is 34.0 Å². The average molecular weight is 535 g/mol. The number of aryl methyl sites for hydroxylation is 2. The quantitative estimate of drug-likeness (QED) is 0.119. The van der Waals surface area contributed by atoms with Gasteiger partial charge in [0.05, 0.1) is 19.2 Å². The van der Waals surface area contributed by atoms with Crippen LogP contribution in [0, 0.1) is 25.3 Å². The van der Waals surface area contributed by atoms with Gasteiger partial charge in [0.1, 0.15) is 30.8 Å². The van der Waals surface area contributed by atoms with Crippen LogP contribution in [0.5, 0.6) is 0 Å². The Hall–Kier alpha value is -4.07. The van der Waals surface area contributed by atoms with Gasteiger partial charge < -0.3 is 19.9 Å². The third-order valence-electron chi connectivity index (χ3n) is 6.42. The van der Waals surface area contributed by atoms with E-state index >= 15 is 0 Å². The number of halogens is 1. The fraction of sp³-hybridized carbons (Fsp3) is 0.545. The zero-order chi connectivity index (χ0) is 27.6. The van der Waals surface area contributed by atoms with Crippen LogP contribution in [0.15, 0.2) is 36.6 Å². The summed E-state index contributed by atoms with van der Waals surface area (Å²) in [6.45, 7) is 2.41. The predicted molar refractivity (Wildman–Crippen MR) is 129 cm³/mol. The minimum absolute atomic E-state index is 0.0403. The summed E-state index contributed by atoms with van der Waals surface area (Å²) in [6.07, 6.45) is -0.663. The zero-order valence-electron chi connectivity index (χ0n) is 20.5. The molecule has 4 heterocycles. The summed E-state index contributed by atoms with van der Waals surface area (Å²) in [5.41, 5.74) is -1.89. The first kappa shape index (κ1) is 27.0. The van der Waals surface area contributed by atoms with Crippen LogP contribution in [-0.2, 0) is 9.47 Å². The van der Waals surface area contributed by atoms with Crippen LogP contribution in [0.25, 0.3) is 0 Å². The average Bonchev–Trinajstić information content (AvgIpc) is 3.45. The number of nitrogens with zero attached hydrogens (tertiary/aromatic N) is 4. The van der Waals surface area contributed by atoms with Gasteiger partial charge in [-0.15, -0.1) is 0 Å². The standard InChI is InChI=1S/C22H27FN8O7/c1-10-6-30(21(35)28-18(10)33)16-3-12(23)14(37-16)5-25-20(26-9-24)27-13-4-17(38-15(13)8-32)31-7-11(2)19(34)29-22(31)36/h6-7,12-17,32H,3-5,8H2,1-2H3,(H2,25,26,27)(H,28,33,35)(H,29,34,36)/t12-,13-,14+,15+,16+,17+/m0/s1. The summed E-state index contributed by atoms with van der Waals surface area (Å²) < 4.78 is 28.5. The van der Waals surface area contributed by atoms with E-state index in [-0.39, 0.29) is 30.9 Å². The molecule has 15 nitrogen and oxygen atoms in total. The second-order valence-corrected chi connectivity index (χ2v) is 9.06. The van der Waals surface area contributed by atoms with Crippen molar-refractivity contribution in [1.82, 2.24) is 29.7 Å². The SMILES string of the molecule is Cc1cn([C@H]2C[C@H](NC(=NC[C@H]3O[C@@H](n4cc(C)c(=O)[nH]c4=O)C[C@@H]3F)NC#N)[C@@H](CO)O2)c(=O)[nH]c1=O. The molecule has 2 aromatic heterocycles. The van der Waals surface area contributed by atoms with E-state index in [0.717, 1.165) is 4.57 Å². The Labute approximate surface area is 213 Å². The van der Waals surface area contributed by atoms with Gasteiger partial charge in [-0.05, 0) is 13.8 Å². The van der Waals surface area contributed by atoms with Gasteiger partial charge in [0.25, 0.3) is 11.1 Å². The van der Waals surface area contributed by atoms with Crippen molar-refractivity contribution >= 4 is 5.96 Å². The van der Waals surface area contributed by atoms with Crippen molar-refractivity contribution in [3.8, 4) is 6.19 Å². The summed E-state index contributed by atoms with van der Waals surface area (Å²) in [5, 5.41) is 24.2. The third-order valence-corrected chi connectivity index (χ3v) is 6.42. The molecule has 0 aliphatic carbocycles. The third kappa shape index (κ3) is 5.59. The fourth-order valence-corrected chi connectivity index (χ4v) is 4.38. The number of aliphatic imine (C=N–C) groups is 1. The van der Waals surface area contributed by atoms with E-state index < -0.39 is 66.0 Å². The Balaban J connectivity index is 1.46. The lowest BCUT2D eigenvalue weighted by molar-refractivity contribution is -0.0282. The lowest BCUT2D eigenvalue weighted by Gasteiger charge is -2.19. The Morgan fingerprint density at radius 1 is 1.08 bits per heavy atom. The molecule has 0 radical (unpaired) electrons. The first-order valence-corrected chi connectivity index (χ1v) is 11.8. The molecule has 0 unspecified atom stereocenters. The van der Waals surface area contributed by atoms with Gasteiger partial charge in [-0.1, -0.05) is 0 Å². The van der Waals surface area contributed by atoms with Crippen molar-refractivity contribution in [3.05, 3.63) is 65.2 Å². The zero-order valence-corrected chi connectivity index (χ0v) is 20.5. The van der Waals surface area contributed by atoms with Crippen molar-refractivity contribution in [3.63, 3.8) is 0 Å². The Morgan fingerprint density at radius 3 is 2.18 bits per heavy atom. The maximum Gasteiger partial charge on any atom is 0.330 e. The van der Waals surface area contributed by atoms with Crippen molar-refractivity contribution in [1.29, 1.82) is 5.26 Å². The van der Waals surface area contributed by atoms with Gasteiger partial charge in [0.15, 0.2) is 6.19 Å². The van der Waals surface area contributed by atoms with E-state index in [2.05, 4.69) is 25.6 Å². The highest BCUT2D eigenvalue weighted by molar-refractivity contribution is 5.81. The molecule has 0 amide bonds. The van der Waals surface area contributed by atoms with Gasteiger partial charge in [-0.2, -0.15) is 5.26 Å². The van der Waals surface area contributed by atoms with E-state index in [9.17, 15) is 28.7 Å². The van der Waals surface area contributed by atoms with E-state index in [0.29, 0.717) is 5.56 Å². The van der Waals surface area contributed by atoms with Crippen LogP contribution in [0.4, 0.5) is 4.39 Å². The Kier molecular flexibility index (Phi) is 7.90. The highest BCUT2D eigenvalue weighted by atomic mass is 19.1. The van der Waals surface area contributed by atoms with E-state index in [1.807, 2.05) is 0 Å². The summed E-state index contributed by atoms with van der Waals surface area (Å²) in [5.74, 6) is -0.0403. The Bertz CT molecular complexity index is 1490. The number of guanidine groups is 1. The van der Waals surface area contributed by atoms with Crippen LogP contribution >= 0.6 is 0 Å². The number of rotatable bonds is 6. The molecule has 4 rings (SSSR count). The minimum Gasteiger partial charge on any atom is -0.394 e. The molecule has 2 aliphatic rings. The minimum atomic E-state index is -1.48. The van der Waals surface area contributed by atoms with Gasteiger partial charge >= 0.3 is 11.4 Å². The largest absolute Gasteiger partial charge is 0.394 e. The maximum absolute atomic E-state index is 14.7. The molecule has 2 aliphatic heterocycles. The second-order valence-electron chi connectivity index (χ2n) is 9.06. The first-order chi connectivity index (χ1) is 18.1. The summed E-state index contributed by atoms with van der Waals surface area (Å²) >= 11 is 0. The molecule has 0 bridgehead atoms. The number of aromatic nitrogens is 4. The normalized spacial score (nSPS) is 27.3. The molecule has 16 heteroatoms. The molecule has 2 fully saturated rings. The monoisotopic (exact) mass is 534 g/mol. The molecule has 0 spiro atoms. The number of aliphatic hydroxyl groups excluding tert-OH is 1. The maximum atomic E-state index is 14.7. The molecule has 204 valence electrons. The van der Waals surface area contributed by atoms with Crippen LogP contribution in [-0.4, -0.2) is 67.7 Å². The summed E-state index contributed by atoms with van der Waals surface area (Å²) in [7, 11) is 0. The molecule has 0 aromatic carbocycles. The van der Waals surface area contributed by atoms with Crippen LogP contribution < -0.4 is 33.1 Å². The molecular formula is C22H27FN8O7. The van der Waals surface area contributed by atoms with E-state index in [1.165, 1.54) is 30.8 Å². The number of nitriles is 1. The van der Waals surface area contributed by atoms with Crippen molar-refractivity contribution < 1.29 is 19.0 Å². The van der Waals surface area contributed by atoms with Crippen LogP contribution in [0.2, 0.25) is 0 Å². The molecule has 6 atom stereocenters. The Morgan fingerprint density at radius 2 is 1.63 bits per heavy atom. The van der Waals surface area contributed by atoms with E-state index in [1.54, 1.807) is 6.19 Å². The van der Waals surface area contributed by atoms with Crippen molar-refractivity contribution in [2.24, 2.45) is 4.99 Å². The highest BCUT2D eigenvalue weighted by Gasteiger charge is 2.39. The lowest BCUT2D eigenvalue weighted by Crippen LogP contribution is -2.47. The number of H-pyrrole nitrogens is 2. The van der Waals surface area contributed by atoms with Gasteiger partial charge in [0.2, 0.25) is 5.96 Å². The number of ether oxygens (including phenoxy) is 2. The topological polar surface area (TPSA) is 209 Å². The summed E-state index contributed by atoms with van der Waals surface area (Å²) in [6, 6.07) is -0.607. The van der Waals surface area contributed by atoms with Crippen molar-refractivity contribution in [2.45, 2.75) is 63.6 Å². The molecule has 0 saturated carbocycles. The van der Waals surface area contributed by atoms with Crippen LogP contribution in [0.1, 0.15) is 36.4 Å². The molecule has 2 saturated heterocycles. The smallest absolute Gasteiger partial charge is 0.330 e. The number of alkyl halides is 1. The second kappa shape index (κ2) is 11.1. The number of aromatic amines is 2. The molecule has 5 N–H and O–H groups in total.